The van der Waals surface area contributed by atoms with Gasteiger partial charge in [0.05, 0.1) is 4.86 Å². The van der Waals surface area contributed by atoms with Crippen LogP contribution in [0, 0.1) is 5.92 Å². The fraction of sp³-hybridized carbons (Fsp3) is 0.375. The van der Waals surface area contributed by atoms with Gasteiger partial charge in [-0.05, 0) is 6.42 Å². The summed E-state index contributed by atoms with van der Waals surface area (Å²) in [4.78, 5) is 14.7. The Hall–Kier alpha value is -0.870. The largest absolute Gasteiger partial charge is 0.396 e. The molecule has 0 radical (unpaired) electrons. The summed E-state index contributed by atoms with van der Waals surface area (Å²) in [5.74, 6) is -0.0114. The Labute approximate surface area is 75.8 Å². The number of aliphatic hydroxyl groups excluding tert-OH is 1. The molecule has 3 nitrogen and oxygen atoms in total. The van der Waals surface area contributed by atoms with E-state index in [1.54, 1.807) is 12.3 Å². The van der Waals surface area contributed by atoms with Crippen LogP contribution < -0.4 is 0 Å². The standard InChI is InChI=1S/C8H9NO2S/c10-4-2-6-1-3-9-7(5-11)8(6)12/h1,3,5-6,10H,2,4H2. The summed E-state index contributed by atoms with van der Waals surface area (Å²) in [5, 5.41) is 8.67. The van der Waals surface area contributed by atoms with Gasteiger partial charge in [-0.3, -0.25) is 9.79 Å². The zero-order valence-corrected chi connectivity index (χ0v) is 7.25. The average Bonchev–Trinajstić information content (AvgIpc) is 2.09. The Morgan fingerprint density at radius 3 is 3.08 bits per heavy atom. The van der Waals surface area contributed by atoms with Crippen LogP contribution in [0.3, 0.4) is 0 Å². The lowest BCUT2D eigenvalue weighted by Gasteiger charge is -2.14. The van der Waals surface area contributed by atoms with Gasteiger partial charge in [0.15, 0.2) is 6.29 Å². The molecule has 0 aromatic heterocycles. The average molecular weight is 183 g/mol. The van der Waals surface area contributed by atoms with Gasteiger partial charge in [0.25, 0.3) is 0 Å². The van der Waals surface area contributed by atoms with E-state index in [1.165, 1.54) is 0 Å². The molecule has 1 heterocycles. The Bertz CT molecular complexity index is 258. The maximum absolute atomic E-state index is 10.4. The van der Waals surface area contributed by atoms with E-state index in [-0.39, 0.29) is 12.5 Å². The van der Waals surface area contributed by atoms with Gasteiger partial charge in [0.1, 0.15) is 5.71 Å². The summed E-state index contributed by atoms with van der Waals surface area (Å²) in [6.07, 6.45) is 4.56. The minimum atomic E-state index is -0.0114. The molecule has 0 amide bonds. The van der Waals surface area contributed by atoms with Crippen LogP contribution in [0.5, 0.6) is 0 Å². The highest BCUT2D eigenvalue weighted by Crippen LogP contribution is 2.13. The molecular weight excluding hydrogens is 174 g/mol. The van der Waals surface area contributed by atoms with Crippen molar-refractivity contribution in [3.63, 3.8) is 0 Å². The molecule has 0 fully saturated rings. The second-order valence-corrected chi connectivity index (χ2v) is 2.90. The van der Waals surface area contributed by atoms with E-state index >= 15 is 0 Å². The minimum absolute atomic E-state index is 0.0114. The number of hydrogen-bond acceptors (Lipinski definition) is 4. The van der Waals surface area contributed by atoms with Crippen LogP contribution in [0.25, 0.3) is 0 Å². The van der Waals surface area contributed by atoms with Crippen LogP contribution in [0.1, 0.15) is 6.42 Å². The monoisotopic (exact) mass is 183 g/mol. The molecule has 0 saturated heterocycles. The lowest BCUT2D eigenvalue weighted by Crippen LogP contribution is -2.24. The molecule has 0 saturated carbocycles. The number of carbonyl (C=O) groups is 1. The Morgan fingerprint density at radius 1 is 1.75 bits per heavy atom. The summed E-state index contributed by atoms with van der Waals surface area (Å²) < 4.78 is 0. The highest BCUT2D eigenvalue weighted by Gasteiger charge is 2.18. The van der Waals surface area contributed by atoms with Gasteiger partial charge < -0.3 is 5.11 Å². The molecule has 0 aromatic carbocycles. The van der Waals surface area contributed by atoms with Crippen molar-refractivity contribution in [1.29, 1.82) is 0 Å². The molecule has 1 atom stereocenters. The maximum Gasteiger partial charge on any atom is 0.169 e. The fourth-order valence-corrected chi connectivity index (χ4v) is 1.32. The molecule has 64 valence electrons. The smallest absolute Gasteiger partial charge is 0.169 e. The van der Waals surface area contributed by atoms with Gasteiger partial charge in [-0.15, -0.1) is 0 Å². The van der Waals surface area contributed by atoms with Gasteiger partial charge in [0.2, 0.25) is 0 Å². The molecular formula is C8H9NO2S. The van der Waals surface area contributed by atoms with Crippen molar-refractivity contribution in [2.45, 2.75) is 6.42 Å². The third-order valence-corrected chi connectivity index (χ3v) is 2.18. The SMILES string of the molecule is O=CC1=NC=CC(CCO)C1=S. The zero-order chi connectivity index (χ0) is 8.97. The van der Waals surface area contributed by atoms with Crippen LogP contribution in [0.2, 0.25) is 0 Å². The first-order chi connectivity index (χ1) is 5.79. The molecule has 0 bridgehead atoms. The van der Waals surface area contributed by atoms with Crippen molar-refractivity contribution in [2.75, 3.05) is 6.61 Å². The summed E-state index contributed by atoms with van der Waals surface area (Å²) in [6.45, 7) is 0.0707. The molecule has 1 aliphatic heterocycles. The van der Waals surface area contributed by atoms with Crippen molar-refractivity contribution >= 4 is 29.1 Å². The first-order valence-electron chi connectivity index (χ1n) is 3.64. The van der Waals surface area contributed by atoms with Gasteiger partial charge in [-0.25, -0.2) is 0 Å². The molecule has 0 spiro atoms. The van der Waals surface area contributed by atoms with Gasteiger partial charge in [-0.2, -0.15) is 0 Å². The molecule has 1 N–H and O–H groups in total. The van der Waals surface area contributed by atoms with E-state index in [2.05, 4.69) is 4.99 Å². The molecule has 0 aliphatic carbocycles. The highest BCUT2D eigenvalue weighted by atomic mass is 32.1. The van der Waals surface area contributed by atoms with Gasteiger partial charge >= 0.3 is 0 Å². The maximum atomic E-state index is 10.4. The number of carbonyl (C=O) groups excluding carboxylic acids is 1. The van der Waals surface area contributed by atoms with Crippen LogP contribution in [0.4, 0.5) is 0 Å². The first kappa shape index (κ1) is 9.22. The van der Waals surface area contributed by atoms with Gasteiger partial charge in [-0.1, -0.05) is 18.3 Å². The third-order valence-electron chi connectivity index (χ3n) is 1.67. The minimum Gasteiger partial charge on any atom is -0.396 e. The molecule has 0 aromatic rings. The van der Waals surface area contributed by atoms with Gasteiger partial charge in [0, 0.05) is 18.7 Å². The van der Waals surface area contributed by atoms with Crippen molar-refractivity contribution in [1.82, 2.24) is 0 Å². The van der Waals surface area contributed by atoms with E-state index in [0.29, 0.717) is 23.3 Å². The highest BCUT2D eigenvalue weighted by molar-refractivity contribution is 7.82. The number of allylic oxidation sites excluding steroid dienone is 1. The Morgan fingerprint density at radius 2 is 2.50 bits per heavy atom. The third kappa shape index (κ3) is 1.84. The van der Waals surface area contributed by atoms with Crippen LogP contribution in [0.15, 0.2) is 17.3 Å². The van der Waals surface area contributed by atoms with Crippen LogP contribution in [-0.2, 0) is 4.79 Å². The second-order valence-electron chi connectivity index (χ2n) is 2.46. The second kappa shape index (κ2) is 4.23. The molecule has 4 heteroatoms. The lowest BCUT2D eigenvalue weighted by molar-refractivity contribution is -0.102. The summed E-state index contributed by atoms with van der Waals surface area (Å²) in [6, 6.07) is 0. The number of hydrogen-bond donors (Lipinski definition) is 1. The van der Waals surface area contributed by atoms with E-state index in [0.717, 1.165) is 0 Å². The summed E-state index contributed by atoms with van der Waals surface area (Å²) in [7, 11) is 0. The van der Waals surface area contributed by atoms with Crippen molar-refractivity contribution in [3.05, 3.63) is 12.3 Å². The lowest BCUT2D eigenvalue weighted by atomic mass is 9.97. The number of nitrogens with zero attached hydrogens (tertiary/aromatic N) is 1. The Kier molecular flexibility index (Phi) is 3.25. The predicted octanol–water partition coefficient (Wildman–Crippen LogP) is 0.522. The van der Waals surface area contributed by atoms with Crippen molar-refractivity contribution < 1.29 is 9.90 Å². The van der Waals surface area contributed by atoms with Crippen LogP contribution in [-0.4, -0.2) is 28.6 Å². The first-order valence-corrected chi connectivity index (χ1v) is 4.05. The van der Waals surface area contributed by atoms with E-state index < -0.39 is 0 Å². The predicted molar refractivity (Wildman–Crippen MR) is 50.4 cm³/mol. The number of thiocarbonyl (C=S) groups is 1. The summed E-state index contributed by atoms with van der Waals surface area (Å²) >= 11 is 4.99. The van der Waals surface area contributed by atoms with E-state index in [9.17, 15) is 4.79 Å². The number of aliphatic imine (C=N–C) groups is 1. The molecule has 1 unspecified atom stereocenters. The number of rotatable bonds is 3. The van der Waals surface area contributed by atoms with E-state index in [1.807, 2.05) is 0 Å². The quantitative estimate of drug-likeness (QED) is 0.512. The fourth-order valence-electron chi connectivity index (χ4n) is 1.02. The van der Waals surface area contributed by atoms with Crippen molar-refractivity contribution in [3.8, 4) is 0 Å². The zero-order valence-electron chi connectivity index (χ0n) is 6.43. The van der Waals surface area contributed by atoms with Crippen molar-refractivity contribution in [2.24, 2.45) is 10.9 Å². The number of aldehydes is 1. The topological polar surface area (TPSA) is 49.7 Å². The normalized spacial score (nSPS) is 22.2. The summed E-state index contributed by atoms with van der Waals surface area (Å²) in [5.41, 5.74) is 0.311. The molecule has 1 aliphatic rings. The van der Waals surface area contributed by atoms with E-state index in [4.69, 9.17) is 17.3 Å². The molecule has 1 rings (SSSR count). The molecule has 12 heavy (non-hydrogen) atoms. The van der Waals surface area contributed by atoms with Crippen LogP contribution >= 0.6 is 12.2 Å². The number of aliphatic hydroxyl groups is 1. The Balaban J connectivity index is 2.74.